The van der Waals surface area contributed by atoms with Gasteiger partial charge in [0.1, 0.15) is 0 Å². The van der Waals surface area contributed by atoms with Gasteiger partial charge in [0.15, 0.2) is 0 Å². The van der Waals surface area contributed by atoms with Crippen molar-refractivity contribution in [1.29, 1.82) is 0 Å². The molecule has 0 spiro atoms. The van der Waals surface area contributed by atoms with Crippen molar-refractivity contribution in [3.63, 3.8) is 0 Å². The molecule has 3 aliphatic rings. The number of sulfonamides is 3. The molecule has 0 aliphatic carbocycles. The lowest BCUT2D eigenvalue weighted by atomic mass is 9.83. The van der Waals surface area contributed by atoms with E-state index in [4.69, 9.17) is 98.0 Å². The molecular formula is C80H105Cl6N11O16S3. The third-order valence-corrected chi connectivity index (χ3v) is 26.0. The number of ether oxygens (including phenoxy) is 6. The zero-order valence-corrected chi connectivity index (χ0v) is 72.8. The van der Waals surface area contributed by atoms with Crippen LogP contribution < -0.4 is 35.4 Å². The minimum absolute atomic E-state index is 0.000461. The standard InChI is InChI=1S/C80H105Cl6N11O16S3/c1-94(2)54-79(101)93-80(18-15-76(98)87-21-27-108-33-36-111-30-24-90-114(102,103)61-12-6-9-55(39-61)67-48-95(3)51-70-64(67)42-58(81)45-73(70)84,19-16-77(99)88-22-28-109-34-37-112-31-25-91-115(104,105)62-13-7-10-56(40-62)68-49-96(4)52-71-65(68)43-59(82)46-74(71)85)20-17-78(100)89-23-29-110-35-38-113-32-26-92-116(106,107)63-14-8-11-57(41-63)69-50-97(5)53-72-66(69)44-60(83)47-75(72)86/h6-14,39-47,67-69,90-92H,15-38,48-54H2,1-5H3,(H,87,98)(H,88,99)(H,89,100)(H,93,101)/t67-,68-,69-/m0/s1. The number of carbonyl (C=O) groups is 4. The molecule has 0 unspecified atom stereocenters. The van der Waals surface area contributed by atoms with Gasteiger partial charge in [-0.15, -0.1) is 0 Å². The molecule has 3 atom stereocenters. The van der Waals surface area contributed by atoms with Crippen molar-refractivity contribution < 1.29 is 72.9 Å². The van der Waals surface area contributed by atoms with Crippen LogP contribution in [-0.4, -0.2) is 254 Å². The van der Waals surface area contributed by atoms with E-state index in [1.165, 1.54) is 18.2 Å². The number of hydrogen-bond acceptors (Lipinski definition) is 20. The predicted octanol–water partition coefficient (Wildman–Crippen LogP) is 8.78. The van der Waals surface area contributed by atoms with Crippen LogP contribution in [0.1, 0.15) is 106 Å². The number of nitrogens with zero attached hydrogens (tertiary/aromatic N) is 4. The van der Waals surface area contributed by atoms with E-state index in [2.05, 4.69) is 50.1 Å². The van der Waals surface area contributed by atoms with Crippen LogP contribution in [0.25, 0.3) is 0 Å². The topological polar surface area (TPSA) is 323 Å². The molecule has 6 aromatic carbocycles. The van der Waals surface area contributed by atoms with Crippen LogP contribution >= 0.6 is 69.6 Å². The molecule has 9 rings (SSSR count). The zero-order valence-electron chi connectivity index (χ0n) is 65.9. The zero-order chi connectivity index (χ0) is 83.6. The van der Waals surface area contributed by atoms with Crippen LogP contribution in [0.4, 0.5) is 0 Å². The highest BCUT2D eigenvalue weighted by molar-refractivity contribution is 7.90. The highest BCUT2D eigenvalue weighted by Gasteiger charge is 2.36. The normalized spacial score (nSPS) is 16.2. The van der Waals surface area contributed by atoms with E-state index in [1.807, 2.05) is 57.5 Å². The molecule has 3 heterocycles. The Balaban J connectivity index is 0.698. The van der Waals surface area contributed by atoms with E-state index < -0.39 is 41.5 Å². The van der Waals surface area contributed by atoms with Gasteiger partial charge < -0.3 is 69.3 Å². The lowest BCUT2D eigenvalue weighted by Crippen LogP contribution is -2.52. The number of hydrogen-bond donors (Lipinski definition) is 7. The fourth-order valence-electron chi connectivity index (χ4n) is 14.3. The molecule has 36 heteroatoms. The monoisotopic (exact) mass is 1780 g/mol. The van der Waals surface area contributed by atoms with E-state index >= 15 is 0 Å². The first-order valence-corrected chi connectivity index (χ1v) is 45.1. The second-order valence-corrected chi connectivity index (χ2v) is 37.1. The van der Waals surface area contributed by atoms with E-state index in [-0.39, 0.29) is 214 Å². The summed E-state index contributed by atoms with van der Waals surface area (Å²) < 4.78 is 123. The van der Waals surface area contributed by atoms with Crippen LogP contribution in [0.3, 0.4) is 0 Å². The number of amides is 4. The molecule has 0 radical (unpaired) electrons. The molecule has 6 aromatic rings. The molecular weight excluding hydrogens is 1680 g/mol. The van der Waals surface area contributed by atoms with Crippen molar-refractivity contribution in [3.05, 3.63) is 189 Å². The van der Waals surface area contributed by atoms with Crippen LogP contribution in [0.15, 0.2) is 124 Å². The van der Waals surface area contributed by atoms with Crippen LogP contribution in [-0.2, 0) is 97.3 Å². The maximum Gasteiger partial charge on any atom is 0.240 e. The summed E-state index contributed by atoms with van der Waals surface area (Å²) in [4.78, 5) is 62.7. The highest BCUT2D eigenvalue weighted by atomic mass is 35.5. The number of benzene rings is 6. The summed E-state index contributed by atoms with van der Waals surface area (Å²) in [7, 11) is -2.32. The Morgan fingerprint density at radius 3 is 0.948 bits per heavy atom. The molecule has 3 aliphatic heterocycles. The van der Waals surface area contributed by atoms with Gasteiger partial charge in [0.05, 0.1) is 101 Å². The number of halogens is 6. The number of carbonyl (C=O) groups excluding carboxylic acids is 4. The average molecular weight is 1790 g/mol. The fraction of sp³-hybridized carbons (Fsp3) is 0.500. The summed E-state index contributed by atoms with van der Waals surface area (Å²) in [5.74, 6) is -1.97. The first-order valence-electron chi connectivity index (χ1n) is 38.4. The second-order valence-electron chi connectivity index (χ2n) is 29.3. The van der Waals surface area contributed by atoms with Gasteiger partial charge in [0.25, 0.3) is 0 Å². The summed E-state index contributed by atoms with van der Waals surface area (Å²) in [6, 6.07) is 31.2. The Hall–Kier alpha value is -5.73. The van der Waals surface area contributed by atoms with E-state index in [1.54, 1.807) is 73.6 Å². The van der Waals surface area contributed by atoms with E-state index in [0.717, 1.165) is 50.1 Å². The minimum atomic E-state index is -3.90. The Kier molecular flexibility index (Phi) is 37.1. The Morgan fingerprint density at radius 2 is 0.672 bits per heavy atom. The minimum Gasteiger partial charge on any atom is -0.378 e. The lowest BCUT2D eigenvalue weighted by Gasteiger charge is -2.35. The molecule has 0 bridgehead atoms. The van der Waals surface area contributed by atoms with Gasteiger partial charge in [0.2, 0.25) is 53.7 Å². The van der Waals surface area contributed by atoms with Gasteiger partial charge in [-0.1, -0.05) is 106 Å². The maximum atomic E-state index is 13.7. The van der Waals surface area contributed by atoms with Gasteiger partial charge in [-0.05, 0) is 177 Å². The summed E-state index contributed by atoms with van der Waals surface area (Å²) in [5, 5.41) is 14.8. The number of nitrogens with one attached hydrogen (secondary N) is 7. The molecule has 0 saturated carbocycles. The molecule has 116 heavy (non-hydrogen) atoms. The van der Waals surface area contributed by atoms with Gasteiger partial charge >= 0.3 is 0 Å². The molecule has 636 valence electrons. The van der Waals surface area contributed by atoms with Crippen LogP contribution in [0, 0.1) is 0 Å². The molecule has 0 aromatic heterocycles. The molecule has 0 saturated heterocycles. The second kappa shape index (κ2) is 45.8. The SMILES string of the molecule is CN(C)CC(=O)NC(CCC(=O)NCCOCCOCCNS(=O)(=O)c1cccc([C@@H]2CN(C)Cc3c(Cl)cc(Cl)cc32)c1)(CCC(=O)NCCOCCOCCNS(=O)(=O)c1cccc([C@@H]2CN(C)Cc3c(Cl)cc(Cl)cc32)c1)CCC(=O)NCCOCCOCCNS(=O)(=O)c1cccc([C@@H]2CN(C)Cc3c(Cl)cc(Cl)cc32)c1. The molecule has 4 amide bonds. The summed E-state index contributed by atoms with van der Waals surface area (Å²) in [5.41, 5.74) is 6.95. The fourth-order valence-corrected chi connectivity index (χ4v) is 19.3. The maximum absolute atomic E-state index is 13.7. The summed E-state index contributed by atoms with van der Waals surface area (Å²) >= 11 is 38.9. The third kappa shape index (κ3) is 29.0. The number of likely N-dealkylation sites (N-methyl/N-ethyl adjacent to an activating group) is 4. The third-order valence-electron chi connectivity index (χ3n) is 20.0. The highest BCUT2D eigenvalue weighted by Crippen LogP contribution is 2.42. The van der Waals surface area contributed by atoms with Crippen LogP contribution in [0.2, 0.25) is 30.1 Å². The summed E-state index contributed by atoms with van der Waals surface area (Å²) in [6.07, 6.45) is -0.145. The van der Waals surface area contributed by atoms with Gasteiger partial charge in [-0.25, -0.2) is 39.4 Å². The molecule has 7 N–H and O–H groups in total. The van der Waals surface area contributed by atoms with Gasteiger partial charge in [0, 0.05) is 151 Å². The van der Waals surface area contributed by atoms with Crippen molar-refractivity contribution in [2.75, 3.05) is 180 Å². The van der Waals surface area contributed by atoms with Crippen molar-refractivity contribution >= 4 is 123 Å². The van der Waals surface area contributed by atoms with E-state index in [0.29, 0.717) is 69.4 Å². The first kappa shape index (κ1) is 94.1. The Labute approximate surface area is 711 Å². The largest absolute Gasteiger partial charge is 0.378 e. The lowest BCUT2D eigenvalue weighted by molar-refractivity contribution is -0.127. The molecule has 27 nitrogen and oxygen atoms in total. The van der Waals surface area contributed by atoms with Crippen molar-refractivity contribution in [2.24, 2.45) is 0 Å². The average Bonchev–Trinajstić information content (AvgIpc) is 0.779. The van der Waals surface area contributed by atoms with Gasteiger partial charge in [-0.3, -0.25) is 19.2 Å². The van der Waals surface area contributed by atoms with Crippen LogP contribution in [0.5, 0.6) is 0 Å². The number of rotatable bonds is 48. The van der Waals surface area contributed by atoms with E-state index in [9.17, 15) is 44.4 Å². The molecule has 0 fully saturated rings. The van der Waals surface area contributed by atoms with Crippen molar-refractivity contribution in [2.45, 2.75) is 96.1 Å². The number of fused-ring (bicyclic) bond motifs is 3. The first-order chi connectivity index (χ1) is 55.4. The smallest absolute Gasteiger partial charge is 0.240 e. The Bertz CT molecular complexity index is 4240. The predicted molar refractivity (Wildman–Crippen MR) is 450 cm³/mol. The summed E-state index contributed by atoms with van der Waals surface area (Å²) in [6.45, 7) is 5.59. The van der Waals surface area contributed by atoms with Gasteiger partial charge in [-0.2, -0.15) is 0 Å². The quantitative estimate of drug-likeness (QED) is 0.0175. The Morgan fingerprint density at radius 1 is 0.397 bits per heavy atom. The van der Waals surface area contributed by atoms with Crippen molar-refractivity contribution in [3.8, 4) is 0 Å². The van der Waals surface area contributed by atoms with Crippen molar-refractivity contribution in [1.82, 2.24) is 55.0 Å².